The average Bonchev–Trinajstić information content (AvgIpc) is 2.65. The summed E-state index contributed by atoms with van der Waals surface area (Å²) in [6, 6.07) is 0. The van der Waals surface area contributed by atoms with E-state index in [0.29, 0.717) is 13.1 Å². The predicted octanol–water partition coefficient (Wildman–Crippen LogP) is 2.28. The Bertz CT molecular complexity index is 386. The topological polar surface area (TPSA) is 50.1 Å². The van der Waals surface area contributed by atoms with Gasteiger partial charge in [-0.25, -0.2) is 0 Å². The Hall–Kier alpha value is -0.580. The van der Waals surface area contributed by atoms with Gasteiger partial charge in [0.05, 0.1) is 22.0 Å². The van der Waals surface area contributed by atoms with Crippen molar-refractivity contribution in [3.63, 3.8) is 0 Å². The van der Waals surface area contributed by atoms with Crippen LogP contribution in [0.2, 0.25) is 5.02 Å². The summed E-state index contributed by atoms with van der Waals surface area (Å²) in [4.78, 5) is 0. The lowest BCUT2D eigenvalue weighted by atomic mass is 9.98. The van der Waals surface area contributed by atoms with Gasteiger partial charge in [0.2, 0.25) is 0 Å². The van der Waals surface area contributed by atoms with E-state index in [-0.39, 0.29) is 0 Å². The molecule has 4 nitrogen and oxygen atoms in total. The quantitative estimate of drug-likeness (QED) is 0.801. The number of nitrogens with zero attached hydrogens (tertiary/aromatic N) is 2. The molecule has 18 heavy (non-hydrogen) atoms. The van der Waals surface area contributed by atoms with Gasteiger partial charge in [-0.05, 0) is 19.3 Å². The van der Waals surface area contributed by atoms with E-state index in [1.807, 2.05) is 32.5 Å². The largest absolute Gasteiger partial charge is 0.389 e. The van der Waals surface area contributed by atoms with Crippen molar-refractivity contribution >= 4 is 11.6 Å². The summed E-state index contributed by atoms with van der Waals surface area (Å²) < 4.78 is 1.81. The highest BCUT2D eigenvalue weighted by Crippen LogP contribution is 2.21. The molecule has 0 aliphatic heterocycles. The highest BCUT2D eigenvalue weighted by atomic mass is 35.5. The number of hydrogen-bond donors (Lipinski definition) is 2. The van der Waals surface area contributed by atoms with Crippen molar-refractivity contribution in [3.05, 3.63) is 16.4 Å². The van der Waals surface area contributed by atoms with Gasteiger partial charge >= 0.3 is 0 Å². The van der Waals surface area contributed by atoms with Gasteiger partial charge in [0.15, 0.2) is 0 Å². The number of aryl methyl sites for hydroxylation is 2. The van der Waals surface area contributed by atoms with Gasteiger partial charge in [0.1, 0.15) is 0 Å². The molecule has 0 bridgehead atoms. The van der Waals surface area contributed by atoms with Crippen LogP contribution in [-0.2, 0) is 20.0 Å². The number of aliphatic hydroxyl groups is 1. The van der Waals surface area contributed by atoms with Crippen LogP contribution in [-0.4, -0.2) is 27.0 Å². The minimum Gasteiger partial charge on any atom is -0.389 e. The molecule has 0 unspecified atom stereocenters. The van der Waals surface area contributed by atoms with Gasteiger partial charge < -0.3 is 10.4 Å². The zero-order chi connectivity index (χ0) is 13.8. The lowest BCUT2D eigenvalue weighted by molar-refractivity contribution is 0.0321. The Labute approximate surface area is 114 Å². The lowest BCUT2D eigenvalue weighted by Gasteiger charge is -2.25. The van der Waals surface area contributed by atoms with Crippen LogP contribution in [0.25, 0.3) is 0 Å². The fourth-order valence-electron chi connectivity index (χ4n) is 1.93. The molecule has 0 radical (unpaired) electrons. The van der Waals surface area contributed by atoms with Gasteiger partial charge in [-0.15, -0.1) is 0 Å². The van der Waals surface area contributed by atoms with Crippen molar-refractivity contribution in [1.82, 2.24) is 15.1 Å². The summed E-state index contributed by atoms with van der Waals surface area (Å²) in [5.41, 5.74) is 1.28. The normalized spacial score (nSPS) is 12.1. The van der Waals surface area contributed by atoms with Gasteiger partial charge in [0.25, 0.3) is 0 Å². The summed E-state index contributed by atoms with van der Waals surface area (Å²) >= 11 is 6.26. The number of hydrogen-bond acceptors (Lipinski definition) is 3. The summed E-state index contributed by atoms with van der Waals surface area (Å²) in [7, 11) is 1.90. The highest BCUT2D eigenvalue weighted by Gasteiger charge is 2.22. The standard InChI is InChI=1S/C13H24ClN3O/c1-5-10-12(14)11(17(4)16-10)8-15-9-13(18,6-2)7-3/h15,18H,5-9H2,1-4H3. The Kier molecular flexibility index (Phi) is 5.63. The molecule has 0 spiro atoms. The van der Waals surface area contributed by atoms with Crippen molar-refractivity contribution in [2.24, 2.45) is 7.05 Å². The molecule has 0 aliphatic rings. The first-order valence-corrected chi connectivity index (χ1v) is 6.98. The first-order chi connectivity index (χ1) is 8.47. The van der Waals surface area contributed by atoms with E-state index in [1.165, 1.54) is 0 Å². The minimum atomic E-state index is -0.626. The second-order valence-corrected chi connectivity index (χ2v) is 5.10. The predicted molar refractivity (Wildman–Crippen MR) is 74.8 cm³/mol. The molecule has 0 saturated carbocycles. The molecule has 0 fully saturated rings. The molecule has 104 valence electrons. The van der Waals surface area contributed by atoms with E-state index >= 15 is 0 Å². The highest BCUT2D eigenvalue weighted by molar-refractivity contribution is 6.31. The number of halogens is 1. The van der Waals surface area contributed by atoms with E-state index < -0.39 is 5.60 Å². The maximum Gasteiger partial charge on any atom is 0.0863 e. The van der Waals surface area contributed by atoms with Crippen LogP contribution in [0.5, 0.6) is 0 Å². The summed E-state index contributed by atoms with van der Waals surface area (Å²) in [6.45, 7) is 7.24. The molecular formula is C13H24ClN3O. The molecule has 0 aromatic carbocycles. The zero-order valence-electron chi connectivity index (χ0n) is 11.8. The van der Waals surface area contributed by atoms with Gasteiger partial charge in [0, 0.05) is 20.1 Å². The van der Waals surface area contributed by atoms with E-state index in [1.54, 1.807) is 0 Å². The lowest BCUT2D eigenvalue weighted by Crippen LogP contribution is -2.39. The Morgan fingerprint density at radius 1 is 1.33 bits per heavy atom. The number of aromatic nitrogens is 2. The van der Waals surface area contributed by atoms with Crippen LogP contribution < -0.4 is 5.32 Å². The Balaban J connectivity index is 2.62. The minimum absolute atomic E-state index is 0.572. The van der Waals surface area contributed by atoms with Crippen molar-refractivity contribution in [3.8, 4) is 0 Å². The third-order valence-electron chi connectivity index (χ3n) is 3.57. The average molecular weight is 274 g/mol. The van der Waals surface area contributed by atoms with E-state index in [2.05, 4.69) is 10.4 Å². The second kappa shape index (κ2) is 6.55. The summed E-state index contributed by atoms with van der Waals surface area (Å²) in [5.74, 6) is 0. The molecule has 2 N–H and O–H groups in total. The molecule has 1 aromatic heterocycles. The SMILES string of the molecule is CCc1nn(C)c(CNCC(O)(CC)CC)c1Cl. The van der Waals surface area contributed by atoms with Gasteiger partial charge in [-0.2, -0.15) is 5.10 Å². The first-order valence-electron chi connectivity index (χ1n) is 6.60. The molecule has 0 saturated heterocycles. The molecule has 5 heteroatoms. The van der Waals surface area contributed by atoms with Crippen LogP contribution in [0.1, 0.15) is 45.0 Å². The Morgan fingerprint density at radius 3 is 2.39 bits per heavy atom. The van der Waals surface area contributed by atoms with E-state index in [9.17, 15) is 5.11 Å². The fraction of sp³-hybridized carbons (Fsp3) is 0.769. The monoisotopic (exact) mass is 273 g/mol. The molecule has 1 rings (SSSR count). The summed E-state index contributed by atoms with van der Waals surface area (Å²) in [5, 5.41) is 18.6. The fourth-order valence-corrected chi connectivity index (χ4v) is 2.29. The van der Waals surface area contributed by atoms with Crippen LogP contribution in [0, 0.1) is 0 Å². The number of nitrogens with one attached hydrogen (secondary N) is 1. The van der Waals surface area contributed by atoms with Crippen molar-refractivity contribution in [2.45, 2.75) is 52.2 Å². The van der Waals surface area contributed by atoms with Crippen LogP contribution >= 0.6 is 11.6 Å². The van der Waals surface area contributed by atoms with Crippen molar-refractivity contribution in [1.29, 1.82) is 0 Å². The van der Waals surface area contributed by atoms with Gasteiger partial charge in [-0.1, -0.05) is 32.4 Å². The van der Waals surface area contributed by atoms with Crippen molar-refractivity contribution < 1.29 is 5.11 Å². The zero-order valence-corrected chi connectivity index (χ0v) is 12.5. The maximum absolute atomic E-state index is 10.2. The smallest absolute Gasteiger partial charge is 0.0863 e. The van der Waals surface area contributed by atoms with Gasteiger partial charge in [-0.3, -0.25) is 4.68 Å². The molecule has 0 amide bonds. The van der Waals surface area contributed by atoms with Crippen LogP contribution in [0.3, 0.4) is 0 Å². The molecule has 0 atom stereocenters. The molecule has 1 aromatic rings. The second-order valence-electron chi connectivity index (χ2n) is 4.72. The summed E-state index contributed by atoms with van der Waals surface area (Å²) in [6.07, 6.45) is 2.33. The van der Waals surface area contributed by atoms with E-state index in [4.69, 9.17) is 11.6 Å². The molecule has 0 aliphatic carbocycles. The third kappa shape index (κ3) is 3.46. The third-order valence-corrected chi connectivity index (χ3v) is 4.00. The molecule has 1 heterocycles. The van der Waals surface area contributed by atoms with E-state index in [0.717, 1.165) is 35.7 Å². The first kappa shape index (κ1) is 15.5. The Morgan fingerprint density at radius 2 is 1.94 bits per heavy atom. The maximum atomic E-state index is 10.2. The van der Waals surface area contributed by atoms with Crippen LogP contribution in [0.15, 0.2) is 0 Å². The van der Waals surface area contributed by atoms with Crippen molar-refractivity contribution in [2.75, 3.05) is 6.54 Å². The van der Waals surface area contributed by atoms with Crippen LogP contribution in [0.4, 0.5) is 0 Å². The number of rotatable bonds is 7. The molecular weight excluding hydrogens is 250 g/mol.